The summed E-state index contributed by atoms with van der Waals surface area (Å²) < 4.78 is 3.51. The molecule has 0 radical (unpaired) electrons. The Kier molecular flexibility index (Phi) is 5.75. The van der Waals surface area contributed by atoms with Gasteiger partial charge >= 0.3 is 0 Å². The number of benzene rings is 1. The van der Waals surface area contributed by atoms with Crippen molar-refractivity contribution in [2.24, 2.45) is 0 Å². The van der Waals surface area contributed by atoms with Crippen molar-refractivity contribution in [2.75, 3.05) is 5.73 Å². The number of carbonyl (C=O) groups excluding carboxylic acids is 1. The van der Waals surface area contributed by atoms with Gasteiger partial charge in [-0.15, -0.1) is 5.10 Å². The molecule has 0 aliphatic carbocycles. The van der Waals surface area contributed by atoms with Crippen LogP contribution in [-0.4, -0.2) is 34.9 Å². The minimum absolute atomic E-state index is 0.111. The summed E-state index contributed by atoms with van der Waals surface area (Å²) in [5.41, 5.74) is 11.5. The SMILES string of the molecule is C[C@@H](NC(=O)c1c(N)nn2cccnc12)c1nc2cccc(C#Cc3ccncc3)n2c1-c1ccccc1. The van der Waals surface area contributed by atoms with Gasteiger partial charge in [-0.05, 0) is 43.2 Å². The number of rotatable bonds is 4. The maximum Gasteiger partial charge on any atom is 0.259 e. The van der Waals surface area contributed by atoms with Crippen LogP contribution in [0.4, 0.5) is 5.82 Å². The fourth-order valence-corrected chi connectivity index (χ4v) is 4.41. The number of nitrogen functional groups attached to an aromatic ring is 1. The second-order valence-electron chi connectivity index (χ2n) is 8.65. The summed E-state index contributed by atoms with van der Waals surface area (Å²) in [5, 5.41) is 7.25. The van der Waals surface area contributed by atoms with Crippen molar-refractivity contribution in [3.05, 3.63) is 114 Å². The Morgan fingerprint density at radius 1 is 0.974 bits per heavy atom. The fraction of sp³-hybridized carbons (Fsp3) is 0.0690. The molecule has 3 N–H and O–H groups in total. The molecule has 6 rings (SSSR count). The number of aromatic nitrogens is 6. The Labute approximate surface area is 218 Å². The van der Waals surface area contributed by atoms with Crippen LogP contribution in [0.2, 0.25) is 0 Å². The van der Waals surface area contributed by atoms with E-state index in [-0.39, 0.29) is 17.3 Å². The lowest BCUT2D eigenvalue weighted by Gasteiger charge is -2.14. The van der Waals surface area contributed by atoms with Crippen LogP contribution in [0.25, 0.3) is 22.6 Å². The smallest absolute Gasteiger partial charge is 0.259 e. The molecule has 9 nitrogen and oxygen atoms in total. The fourth-order valence-electron chi connectivity index (χ4n) is 4.41. The summed E-state index contributed by atoms with van der Waals surface area (Å²) in [5.74, 6) is 6.22. The molecule has 0 aliphatic rings. The summed E-state index contributed by atoms with van der Waals surface area (Å²) in [6, 6.07) is 20.7. The first-order valence-corrected chi connectivity index (χ1v) is 12.0. The molecule has 9 heteroatoms. The third-order valence-electron chi connectivity index (χ3n) is 6.14. The number of anilines is 1. The predicted octanol–water partition coefficient (Wildman–Crippen LogP) is 3.91. The van der Waals surface area contributed by atoms with Gasteiger partial charge < -0.3 is 11.1 Å². The topological polar surface area (TPSA) is 116 Å². The van der Waals surface area contributed by atoms with E-state index in [4.69, 9.17) is 10.7 Å². The van der Waals surface area contributed by atoms with Gasteiger partial charge in [-0.25, -0.2) is 14.5 Å². The molecule has 184 valence electrons. The van der Waals surface area contributed by atoms with Crippen molar-refractivity contribution in [3.63, 3.8) is 0 Å². The molecule has 0 fully saturated rings. The molecule has 5 heterocycles. The van der Waals surface area contributed by atoms with Crippen LogP contribution in [0.5, 0.6) is 0 Å². The zero-order valence-electron chi connectivity index (χ0n) is 20.4. The third-order valence-corrected chi connectivity index (χ3v) is 6.14. The second-order valence-corrected chi connectivity index (χ2v) is 8.65. The summed E-state index contributed by atoms with van der Waals surface area (Å²) in [6.45, 7) is 1.89. The van der Waals surface area contributed by atoms with E-state index in [0.717, 1.165) is 28.2 Å². The highest BCUT2D eigenvalue weighted by Gasteiger charge is 2.25. The van der Waals surface area contributed by atoms with E-state index in [1.807, 2.05) is 72.0 Å². The Hall–Kier alpha value is -5.49. The summed E-state index contributed by atoms with van der Waals surface area (Å²) in [7, 11) is 0. The van der Waals surface area contributed by atoms with Crippen molar-refractivity contribution >= 4 is 23.0 Å². The number of nitrogens with one attached hydrogen (secondary N) is 1. The van der Waals surface area contributed by atoms with Gasteiger partial charge in [0.25, 0.3) is 5.91 Å². The molecular formula is C29H22N8O. The maximum absolute atomic E-state index is 13.4. The Bertz CT molecular complexity index is 1850. The number of carbonyl (C=O) groups is 1. The number of hydrogen-bond donors (Lipinski definition) is 2. The normalized spacial score (nSPS) is 11.7. The molecule has 0 spiro atoms. The van der Waals surface area contributed by atoms with Gasteiger partial charge in [0.1, 0.15) is 11.2 Å². The van der Waals surface area contributed by atoms with E-state index in [1.165, 1.54) is 4.52 Å². The molecule has 6 aromatic rings. The highest BCUT2D eigenvalue weighted by molar-refractivity contribution is 6.04. The van der Waals surface area contributed by atoms with E-state index in [9.17, 15) is 4.79 Å². The van der Waals surface area contributed by atoms with Gasteiger partial charge in [0.2, 0.25) is 0 Å². The van der Waals surface area contributed by atoms with Gasteiger partial charge in [-0.3, -0.25) is 14.2 Å². The quantitative estimate of drug-likeness (QED) is 0.356. The van der Waals surface area contributed by atoms with Crippen molar-refractivity contribution in [1.82, 2.24) is 34.3 Å². The number of hydrogen-bond acceptors (Lipinski definition) is 6. The van der Waals surface area contributed by atoms with E-state index in [1.54, 1.807) is 30.9 Å². The monoisotopic (exact) mass is 498 g/mol. The summed E-state index contributed by atoms with van der Waals surface area (Å²) in [6.07, 6.45) is 6.72. The van der Waals surface area contributed by atoms with E-state index >= 15 is 0 Å². The number of imidazole rings is 1. The van der Waals surface area contributed by atoms with Crippen LogP contribution < -0.4 is 11.1 Å². The van der Waals surface area contributed by atoms with Gasteiger partial charge in [0, 0.05) is 35.9 Å². The molecule has 1 atom stereocenters. The Morgan fingerprint density at radius 3 is 2.61 bits per heavy atom. The van der Waals surface area contributed by atoms with Crippen LogP contribution in [0.1, 0.15) is 40.3 Å². The van der Waals surface area contributed by atoms with Crippen molar-refractivity contribution in [1.29, 1.82) is 0 Å². The standard InChI is InChI=1S/C29H22N8O/c1-19(33-29(38)24-27(30)35-36-18-6-15-32-28(24)36)25-26(21-7-3-2-4-8-21)37-22(9-5-10-23(37)34-25)12-11-20-13-16-31-17-14-20/h2-10,13-19H,1H3,(H2,30,35)(H,33,38)/t19-/m1/s1. The van der Waals surface area contributed by atoms with E-state index in [0.29, 0.717) is 11.3 Å². The number of pyridine rings is 2. The molecular weight excluding hydrogens is 476 g/mol. The first kappa shape index (κ1) is 22.9. The average Bonchev–Trinajstić information content (AvgIpc) is 3.50. The molecule has 0 saturated carbocycles. The number of nitrogens with zero attached hydrogens (tertiary/aromatic N) is 6. The van der Waals surface area contributed by atoms with Crippen LogP contribution in [-0.2, 0) is 0 Å². The summed E-state index contributed by atoms with van der Waals surface area (Å²) >= 11 is 0. The number of nitrogens with two attached hydrogens (primary N) is 1. The lowest BCUT2D eigenvalue weighted by molar-refractivity contribution is 0.0941. The summed E-state index contributed by atoms with van der Waals surface area (Å²) in [4.78, 5) is 26.6. The highest BCUT2D eigenvalue weighted by atomic mass is 16.1. The molecule has 1 aromatic carbocycles. The molecule has 0 saturated heterocycles. The number of fused-ring (bicyclic) bond motifs is 2. The van der Waals surface area contributed by atoms with Gasteiger partial charge in [-0.1, -0.05) is 42.3 Å². The molecule has 0 aliphatic heterocycles. The minimum Gasteiger partial charge on any atom is -0.381 e. The van der Waals surface area contributed by atoms with Gasteiger partial charge in [0.15, 0.2) is 11.5 Å². The van der Waals surface area contributed by atoms with E-state index in [2.05, 4.69) is 32.2 Å². The van der Waals surface area contributed by atoms with E-state index < -0.39 is 6.04 Å². The van der Waals surface area contributed by atoms with Gasteiger partial charge in [-0.2, -0.15) is 0 Å². The lowest BCUT2D eigenvalue weighted by atomic mass is 10.1. The van der Waals surface area contributed by atoms with Gasteiger partial charge in [0.05, 0.1) is 23.1 Å². The first-order valence-electron chi connectivity index (χ1n) is 12.0. The van der Waals surface area contributed by atoms with Crippen molar-refractivity contribution < 1.29 is 4.79 Å². The zero-order valence-corrected chi connectivity index (χ0v) is 20.4. The second kappa shape index (κ2) is 9.52. The van der Waals surface area contributed by atoms with Crippen LogP contribution >= 0.6 is 0 Å². The average molecular weight is 499 g/mol. The number of amides is 1. The Morgan fingerprint density at radius 2 is 1.79 bits per heavy atom. The Balaban J connectivity index is 1.45. The molecule has 0 bridgehead atoms. The zero-order chi connectivity index (χ0) is 26.1. The lowest BCUT2D eigenvalue weighted by Crippen LogP contribution is -2.28. The third kappa shape index (κ3) is 4.10. The van der Waals surface area contributed by atoms with Crippen LogP contribution in [0, 0.1) is 11.8 Å². The molecule has 1 amide bonds. The van der Waals surface area contributed by atoms with Crippen LogP contribution in [0.3, 0.4) is 0 Å². The van der Waals surface area contributed by atoms with Crippen molar-refractivity contribution in [2.45, 2.75) is 13.0 Å². The molecule has 38 heavy (non-hydrogen) atoms. The highest BCUT2D eigenvalue weighted by Crippen LogP contribution is 2.31. The predicted molar refractivity (Wildman–Crippen MR) is 144 cm³/mol. The van der Waals surface area contributed by atoms with Crippen LogP contribution in [0.15, 0.2) is 91.5 Å². The molecule has 0 unspecified atom stereocenters. The maximum atomic E-state index is 13.4. The largest absolute Gasteiger partial charge is 0.381 e. The van der Waals surface area contributed by atoms with Crippen molar-refractivity contribution in [3.8, 4) is 23.1 Å². The minimum atomic E-state index is -0.461. The first-order chi connectivity index (χ1) is 18.6. The molecule has 5 aromatic heterocycles.